The number of carbonyl (C=O) groups excluding carboxylic acids is 1. The van der Waals surface area contributed by atoms with Crippen molar-refractivity contribution >= 4 is 11.9 Å². The third kappa shape index (κ3) is 2.81. The van der Waals surface area contributed by atoms with Gasteiger partial charge in [0.25, 0.3) is 0 Å². The summed E-state index contributed by atoms with van der Waals surface area (Å²) in [5.41, 5.74) is 3.22. The number of carboxylic acid groups (broad SMARTS) is 1. The van der Waals surface area contributed by atoms with Gasteiger partial charge in [0, 0.05) is 17.1 Å². The van der Waals surface area contributed by atoms with Gasteiger partial charge >= 0.3 is 11.9 Å². The van der Waals surface area contributed by atoms with E-state index in [-0.39, 0.29) is 11.5 Å². The van der Waals surface area contributed by atoms with Crippen LogP contribution in [0.2, 0.25) is 0 Å². The van der Waals surface area contributed by atoms with E-state index in [1.54, 1.807) is 37.3 Å². The molecule has 1 N–H and O–H groups in total. The van der Waals surface area contributed by atoms with Crippen LogP contribution in [0.5, 0.6) is 0 Å². The van der Waals surface area contributed by atoms with Gasteiger partial charge in [-0.15, -0.1) is 0 Å². The van der Waals surface area contributed by atoms with Gasteiger partial charge in [-0.3, -0.25) is 0 Å². The minimum absolute atomic E-state index is 0.229. The number of aromatic nitrogens is 1. The summed E-state index contributed by atoms with van der Waals surface area (Å²) in [6.07, 6.45) is 0. The summed E-state index contributed by atoms with van der Waals surface area (Å²) >= 11 is 0. The summed E-state index contributed by atoms with van der Waals surface area (Å²) in [5, 5.41) is 8.92. The lowest BCUT2D eigenvalue weighted by molar-refractivity contribution is 0.0525. The highest BCUT2D eigenvalue weighted by atomic mass is 16.5. The first-order chi connectivity index (χ1) is 9.95. The molecule has 1 aromatic heterocycles. The zero-order valence-corrected chi connectivity index (χ0v) is 12.2. The van der Waals surface area contributed by atoms with Gasteiger partial charge in [0.2, 0.25) is 0 Å². The van der Waals surface area contributed by atoms with E-state index < -0.39 is 5.97 Å². The maximum absolute atomic E-state index is 11.9. The van der Waals surface area contributed by atoms with E-state index in [2.05, 4.69) is 0 Å². The Morgan fingerprint density at radius 3 is 2.33 bits per heavy atom. The van der Waals surface area contributed by atoms with Gasteiger partial charge in [0.1, 0.15) is 0 Å². The van der Waals surface area contributed by atoms with Crippen molar-refractivity contribution in [1.82, 2.24) is 4.57 Å². The largest absolute Gasteiger partial charge is 0.478 e. The van der Waals surface area contributed by atoms with E-state index >= 15 is 0 Å². The van der Waals surface area contributed by atoms with Crippen LogP contribution in [-0.4, -0.2) is 28.2 Å². The average Bonchev–Trinajstić information content (AvgIpc) is 2.74. The van der Waals surface area contributed by atoms with Gasteiger partial charge in [-0.05, 0) is 51.1 Å². The zero-order valence-electron chi connectivity index (χ0n) is 12.2. The van der Waals surface area contributed by atoms with E-state index in [0.717, 1.165) is 17.1 Å². The standard InChI is InChI=1S/C16H17NO4/c1-4-21-16(20)14-9-10(2)17(11(14)3)13-7-5-12(6-8-13)15(18)19/h5-9H,4H2,1-3H3,(H,18,19). The maximum atomic E-state index is 11.9. The Hall–Kier alpha value is -2.56. The van der Waals surface area contributed by atoms with Gasteiger partial charge in [-0.25, -0.2) is 9.59 Å². The average molecular weight is 287 g/mol. The van der Waals surface area contributed by atoms with Crippen molar-refractivity contribution in [2.24, 2.45) is 0 Å². The number of hydrogen-bond donors (Lipinski definition) is 1. The van der Waals surface area contributed by atoms with E-state index in [1.807, 2.05) is 18.4 Å². The fourth-order valence-electron chi connectivity index (χ4n) is 2.33. The van der Waals surface area contributed by atoms with E-state index in [1.165, 1.54) is 0 Å². The van der Waals surface area contributed by atoms with Crippen LogP contribution < -0.4 is 0 Å². The van der Waals surface area contributed by atoms with E-state index in [0.29, 0.717) is 12.2 Å². The molecule has 1 heterocycles. The molecule has 0 bridgehead atoms. The van der Waals surface area contributed by atoms with Crippen LogP contribution in [0.4, 0.5) is 0 Å². The molecular formula is C16H17NO4. The van der Waals surface area contributed by atoms with Crippen LogP contribution in [0.1, 0.15) is 39.0 Å². The first-order valence-corrected chi connectivity index (χ1v) is 6.65. The number of esters is 1. The number of benzene rings is 1. The van der Waals surface area contributed by atoms with E-state index in [9.17, 15) is 9.59 Å². The van der Waals surface area contributed by atoms with Crippen molar-refractivity contribution < 1.29 is 19.4 Å². The molecule has 0 unspecified atom stereocenters. The number of carboxylic acids is 1. The lowest BCUT2D eigenvalue weighted by atomic mass is 10.2. The number of nitrogens with zero attached hydrogens (tertiary/aromatic N) is 1. The molecule has 0 atom stereocenters. The summed E-state index contributed by atoms with van der Waals surface area (Å²) in [6, 6.07) is 8.30. The zero-order chi connectivity index (χ0) is 15.6. The number of aryl methyl sites for hydroxylation is 1. The number of rotatable bonds is 4. The normalized spacial score (nSPS) is 10.4. The molecule has 0 aliphatic heterocycles. The molecule has 21 heavy (non-hydrogen) atoms. The fourth-order valence-corrected chi connectivity index (χ4v) is 2.33. The smallest absolute Gasteiger partial charge is 0.339 e. The van der Waals surface area contributed by atoms with Gasteiger partial charge in [-0.2, -0.15) is 0 Å². The third-order valence-corrected chi connectivity index (χ3v) is 3.30. The van der Waals surface area contributed by atoms with Crippen LogP contribution in [0.25, 0.3) is 5.69 Å². The molecule has 0 aliphatic carbocycles. The summed E-state index contributed by atoms with van der Waals surface area (Å²) in [4.78, 5) is 22.8. The molecule has 0 amide bonds. The maximum Gasteiger partial charge on any atom is 0.339 e. The predicted octanol–water partition coefficient (Wildman–Crippen LogP) is 2.97. The van der Waals surface area contributed by atoms with Gasteiger partial charge in [0.15, 0.2) is 0 Å². The van der Waals surface area contributed by atoms with Crippen LogP contribution in [0.3, 0.4) is 0 Å². The summed E-state index contributed by atoms with van der Waals surface area (Å²) < 4.78 is 6.93. The van der Waals surface area contributed by atoms with Crippen molar-refractivity contribution in [2.75, 3.05) is 6.61 Å². The molecule has 110 valence electrons. The van der Waals surface area contributed by atoms with Crippen molar-refractivity contribution in [2.45, 2.75) is 20.8 Å². The first-order valence-electron chi connectivity index (χ1n) is 6.65. The fraction of sp³-hybridized carbons (Fsp3) is 0.250. The Morgan fingerprint density at radius 2 is 1.81 bits per heavy atom. The Balaban J connectivity index is 2.44. The molecule has 5 heteroatoms. The van der Waals surface area contributed by atoms with Crippen LogP contribution in [-0.2, 0) is 4.74 Å². The molecule has 2 aromatic rings. The molecule has 5 nitrogen and oxygen atoms in total. The van der Waals surface area contributed by atoms with Crippen molar-refractivity contribution in [1.29, 1.82) is 0 Å². The summed E-state index contributed by atoms with van der Waals surface area (Å²) in [5.74, 6) is -1.31. The van der Waals surface area contributed by atoms with Crippen LogP contribution in [0.15, 0.2) is 30.3 Å². The quantitative estimate of drug-likeness (QED) is 0.878. The summed E-state index contributed by atoms with van der Waals surface area (Å²) in [6.45, 7) is 5.82. The van der Waals surface area contributed by atoms with E-state index in [4.69, 9.17) is 9.84 Å². The minimum atomic E-state index is -0.963. The second-order valence-corrected chi connectivity index (χ2v) is 4.69. The third-order valence-electron chi connectivity index (χ3n) is 3.30. The van der Waals surface area contributed by atoms with Gasteiger partial charge in [0.05, 0.1) is 17.7 Å². The Morgan fingerprint density at radius 1 is 1.19 bits per heavy atom. The lowest BCUT2D eigenvalue weighted by Crippen LogP contribution is -2.07. The Labute approximate surface area is 122 Å². The number of carbonyl (C=O) groups is 2. The van der Waals surface area contributed by atoms with Crippen LogP contribution >= 0.6 is 0 Å². The number of ether oxygens (including phenoxy) is 1. The van der Waals surface area contributed by atoms with Crippen molar-refractivity contribution in [3.8, 4) is 5.69 Å². The monoisotopic (exact) mass is 287 g/mol. The highest BCUT2D eigenvalue weighted by Crippen LogP contribution is 2.22. The molecule has 0 aliphatic rings. The molecule has 0 spiro atoms. The second-order valence-electron chi connectivity index (χ2n) is 4.69. The first kappa shape index (κ1) is 14.8. The lowest BCUT2D eigenvalue weighted by Gasteiger charge is -2.10. The highest BCUT2D eigenvalue weighted by Gasteiger charge is 2.17. The summed E-state index contributed by atoms with van der Waals surface area (Å²) in [7, 11) is 0. The molecular weight excluding hydrogens is 270 g/mol. The van der Waals surface area contributed by atoms with Crippen molar-refractivity contribution in [3.05, 3.63) is 52.8 Å². The molecule has 0 saturated heterocycles. The van der Waals surface area contributed by atoms with Crippen molar-refractivity contribution in [3.63, 3.8) is 0 Å². The Bertz CT molecular complexity index is 683. The SMILES string of the molecule is CCOC(=O)c1cc(C)n(-c2ccc(C(=O)O)cc2)c1C. The Kier molecular flexibility index (Phi) is 4.12. The van der Waals surface area contributed by atoms with Crippen LogP contribution in [0, 0.1) is 13.8 Å². The number of hydrogen-bond acceptors (Lipinski definition) is 3. The highest BCUT2D eigenvalue weighted by molar-refractivity contribution is 5.91. The topological polar surface area (TPSA) is 68.5 Å². The molecule has 0 radical (unpaired) electrons. The minimum Gasteiger partial charge on any atom is -0.478 e. The molecule has 0 saturated carbocycles. The number of aromatic carboxylic acids is 1. The molecule has 2 rings (SSSR count). The van der Waals surface area contributed by atoms with Gasteiger partial charge in [-0.1, -0.05) is 0 Å². The second kappa shape index (κ2) is 5.83. The van der Waals surface area contributed by atoms with Gasteiger partial charge < -0.3 is 14.4 Å². The molecule has 1 aromatic carbocycles. The predicted molar refractivity (Wildman–Crippen MR) is 78.2 cm³/mol. The molecule has 0 fully saturated rings.